The zero-order valence-corrected chi connectivity index (χ0v) is 13.1. The third-order valence-corrected chi connectivity index (χ3v) is 3.95. The van der Waals surface area contributed by atoms with Crippen LogP contribution in [-0.2, 0) is 15.8 Å². The minimum absolute atomic E-state index is 0.00907. The van der Waals surface area contributed by atoms with Crippen LogP contribution >= 0.6 is 0 Å². The first-order valence-corrected chi connectivity index (χ1v) is 7.57. The Morgan fingerprint density at radius 1 is 1.25 bits per heavy atom. The smallest absolute Gasteiger partial charge is 0.416 e. The minimum atomic E-state index is -4.42. The second-order valence-corrected chi connectivity index (χ2v) is 6.19. The SMILES string of the molecule is CC1CC(C(=O)O)CN(CC(=O)Nc2ccc(C(F)(F)F)cc2)C1. The summed E-state index contributed by atoms with van der Waals surface area (Å²) in [5, 5.41) is 11.6. The van der Waals surface area contributed by atoms with Crippen LogP contribution in [0, 0.1) is 11.8 Å². The Balaban J connectivity index is 1.92. The first kappa shape index (κ1) is 18.3. The molecule has 2 unspecified atom stereocenters. The molecule has 24 heavy (non-hydrogen) atoms. The number of benzene rings is 1. The number of carbonyl (C=O) groups excluding carboxylic acids is 1. The van der Waals surface area contributed by atoms with Gasteiger partial charge in [-0.25, -0.2) is 0 Å². The summed E-state index contributed by atoms with van der Waals surface area (Å²) in [7, 11) is 0. The number of nitrogens with one attached hydrogen (secondary N) is 1. The summed E-state index contributed by atoms with van der Waals surface area (Å²) in [6.07, 6.45) is -3.84. The maximum absolute atomic E-state index is 12.5. The molecule has 1 fully saturated rings. The highest BCUT2D eigenvalue weighted by molar-refractivity contribution is 5.92. The number of carbonyl (C=O) groups is 2. The molecule has 132 valence electrons. The molecule has 2 N–H and O–H groups in total. The molecule has 0 saturated carbocycles. The summed E-state index contributed by atoms with van der Waals surface area (Å²) in [5.41, 5.74) is -0.512. The second kappa shape index (κ2) is 7.21. The molecule has 0 radical (unpaired) electrons. The van der Waals surface area contributed by atoms with E-state index in [-0.39, 0.29) is 24.1 Å². The van der Waals surface area contributed by atoms with Crippen molar-refractivity contribution in [1.29, 1.82) is 0 Å². The van der Waals surface area contributed by atoms with Crippen LogP contribution in [0.15, 0.2) is 24.3 Å². The number of aliphatic carboxylic acids is 1. The van der Waals surface area contributed by atoms with E-state index >= 15 is 0 Å². The minimum Gasteiger partial charge on any atom is -0.481 e. The Morgan fingerprint density at radius 3 is 2.42 bits per heavy atom. The lowest BCUT2D eigenvalue weighted by atomic mass is 9.90. The van der Waals surface area contributed by atoms with Gasteiger partial charge in [-0.15, -0.1) is 0 Å². The van der Waals surface area contributed by atoms with Crippen LogP contribution in [0.3, 0.4) is 0 Å². The van der Waals surface area contributed by atoms with Crippen molar-refractivity contribution in [1.82, 2.24) is 4.90 Å². The molecule has 0 aromatic heterocycles. The molecule has 1 saturated heterocycles. The molecule has 2 rings (SSSR count). The van der Waals surface area contributed by atoms with E-state index < -0.39 is 23.6 Å². The maximum atomic E-state index is 12.5. The van der Waals surface area contributed by atoms with Crippen LogP contribution < -0.4 is 5.32 Å². The van der Waals surface area contributed by atoms with Gasteiger partial charge in [-0.1, -0.05) is 6.92 Å². The summed E-state index contributed by atoms with van der Waals surface area (Å²) in [4.78, 5) is 24.9. The highest BCUT2D eigenvalue weighted by Crippen LogP contribution is 2.29. The molecule has 2 atom stereocenters. The fourth-order valence-electron chi connectivity index (χ4n) is 2.92. The Hall–Kier alpha value is -2.09. The molecule has 0 bridgehead atoms. The van der Waals surface area contributed by atoms with Crippen LogP contribution in [0.2, 0.25) is 0 Å². The van der Waals surface area contributed by atoms with Gasteiger partial charge in [0.15, 0.2) is 0 Å². The van der Waals surface area contributed by atoms with Crippen molar-refractivity contribution in [3.63, 3.8) is 0 Å². The Bertz CT molecular complexity index is 602. The second-order valence-electron chi connectivity index (χ2n) is 6.19. The summed E-state index contributed by atoms with van der Waals surface area (Å²) in [6.45, 7) is 2.84. The average Bonchev–Trinajstić information content (AvgIpc) is 2.46. The Morgan fingerprint density at radius 2 is 1.88 bits per heavy atom. The number of rotatable bonds is 4. The van der Waals surface area contributed by atoms with E-state index in [0.29, 0.717) is 19.5 Å². The van der Waals surface area contributed by atoms with Gasteiger partial charge in [-0.05, 0) is 36.6 Å². The van der Waals surface area contributed by atoms with Crippen molar-refractivity contribution in [3.8, 4) is 0 Å². The number of piperidine rings is 1. The van der Waals surface area contributed by atoms with Gasteiger partial charge >= 0.3 is 12.1 Å². The summed E-state index contributed by atoms with van der Waals surface area (Å²) in [5.74, 6) is -1.60. The average molecular weight is 344 g/mol. The standard InChI is InChI=1S/C16H19F3N2O3/c1-10-6-11(15(23)24)8-21(7-10)9-14(22)20-13-4-2-12(3-5-13)16(17,18)19/h2-5,10-11H,6-9H2,1H3,(H,20,22)(H,23,24). The Labute approximate surface area is 137 Å². The van der Waals surface area contributed by atoms with Crippen molar-refractivity contribution in [2.45, 2.75) is 19.5 Å². The van der Waals surface area contributed by atoms with E-state index in [9.17, 15) is 22.8 Å². The van der Waals surface area contributed by atoms with Crippen LogP contribution in [0.5, 0.6) is 0 Å². The molecule has 8 heteroatoms. The van der Waals surface area contributed by atoms with Crippen molar-refractivity contribution < 1.29 is 27.9 Å². The van der Waals surface area contributed by atoms with Crippen molar-refractivity contribution in [2.75, 3.05) is 25.0 Å². The number of carboxylic acid groups (broad SMARTS) is 1. The van der Waals surface area contributed by atoms with Gasteiger partial charge in [-0.3, -0.25) is 14.5 Å². The molecule has 1 aromatic rings. The third kappa shape index (κ3) is 4.95. The zero-order chi connectivity index (χ0) is 17.9. The number of likely N-dealkylation sites (tertiary alicyclic amines) is 1. The van der Waals surface area contributed by atoms with Crippen molar-refractivity contribution in [3.05, 3.63) is 29.8 Å². The summed E-state index contributed by atoms with van der Waals surface area (Å²) < 4.78 is 37.5. The van der Waals surface area contributed by atoms with Gasteiger partial charge in [0.25, 0.3) is 0 Å². The number of hydrogen-bond donors (Lipinski definition) is 2. The van der Waals surface area contributed by atoms with E-state index in [0.717, 1.165) is 12.1 Å². The highest BCUT2D eigenvalue weighted by Gasteiger charge is 2.31. The molecule has 1 amide bonds. The number of hydrogen-bond acceptors (Lipinski definition) is 3. The maximum Gasteiger partial charge on any atom is 0.416 e. The molecule has 5 nitrogen and oxygen atoms in total. The molecule has 1 heterocycles. The third-order valence-electron chi connectivity index (χ3n) is 3.95. The number of alkyl halides is 3. The number of nitrogens with zero attached hydrogens (tertiary/aromatic N) is 1. The van der Waals surface area contributed by atoms with Gasteiger partial charge < -0.3 is 10.4 Å². The fraction of sp³-hybridized carbons (Fsp3) is 0.500. The molecule has 0 aliphatic carbocycles. The van der Waals surface area contributed by atoms with E-state index in [2.05, 4.69) is 5.32 Å². The van der Waals surface area contributed by atoms with E-state index in [1.165, 1.54) is 12.1 Å². The predicted octanol–water partition coefficient (Wildman–Crippen LogP) is 2.69. The molecular weight excluding hydrogens is 325 g/mol. The molecule has 1 aliphatic heterocycles. The molecular formula is C16H19F3N2O3. The van der Waals surface area contributed by atoms with Crippen molar-refractivity contribution >= 4 is 17.6 Å². The van der Waals surface area contributed by atoms with Crippen LogP contribution in [0.1, 0.15) is 18.9 Å². The number of amides is 1. The molecule has 1 aliphatic rings. The molecule has 1 aromatic carbocycles. The topological polar surface area (TPSA) is 69.6 Å². The van der Waals surface area contributed by atoms with E-state index in [1.54, 1.807) is 4.90 Å². The van der Waals surface area contributed by atoms with E-state index in [1.807, 2.05) is 6.92 Å². The predicted molar refractivity (Wildman–Crippen MR) is 81.4 cm³/mol. The fourth-order valence-corrected chi connectivity index (χ4v) is 2.92. The number of carboxylic acids is 1. The first-order chi connectivity index (χ1) is 11.1. The number of anilines is 1. The van der Waals surface area contributed by atoms with Crippen molar-refractivity contribution in [2.24, 2.45) is 11.8 Å². The normalized spacial score (nSPS) is 22.2. The van der Waals surface area contributed by atoms with Crippen LogP contribution in [-0.4, -0.2) is 41.5 Å². The zero-order valence-electron chi connectivity index (χ0n) is 13.1. The highest BCUT2D eigenvalue weighted by atomic mass is 19.4. The monoisotopic (exact) mass is 344 g/mol. The first-order valence-electron chi connectivity index (χ1n) is 7.57. The Kier molecular flexibility index (Phi) is 5.48. The number of halogens is 3. The van der Waals surface area contributed by atoms with Gasteiger partial charge in [0.2, 0.25) is 5.91 Å². The van der Waals surface area contributed by atoms with Gasteiger partial charge in [0.05, 0.1) is 18.0 Å². The summed E-state index contributed by atoms with van der Waals surface area (Å²) >= 11 is 0. The quantitative estimate of drug-likeness (QED) is 0.881. The lowest BCUT2D eigenvalue weighted by Gasteiger charge is -2.34. The van der Waals surface area contributed by atoms with Gasteiger partial charge in [-0.2, -0.15) is 13.2 Å². The van der Waals surface area contributed by atoms with Gasteiger partial charge in [0.1, 0.15) is 0 Å². The van der Waals surface area contributed by atoms with Gasteiger partial charge in [0, 0.05) is 18.8 Å². The van der Waals surface area contributed by atoms with Crippen LogP contribution in [0.4, 0.5) is 18.9 Å². The summed E-state index contributed by atoms with van der Waals surface area (Å²) in [6, 6.07) is 4.19. The van der Waals surface area contributed by atoms with Crippen LogP contribution in [0.25, 0.3) is 0 Å². The molecule has 0 spiro atoms. The lowest BCUT2D eigenvalue weighted by Crippen LogP contribution is -2.45. The van der Waals surface area contributed by atoms with E-state index in [4.69, 9.17) is 5.11 Å². The lowest BCUT2D eigenvalue weighted by molar-refractivity contribution is -0.145. The largest absolute Gasteiger partial charge is 0.481 e.